The number of hydrogen-bond acceptors (Lipinski definition) is 6. The van der Waals surface area contributed by atoms with Crippen LogP contribution in [0.25, 0.3) is 22.8 Å². The Morgan fingerprint density at radius 2 is 1.03 bits per heavy atom. The molecule has 1 aliphatic rings. The van der Waals surface area contributed by atoms with Crippen molar-refractivity contribution < 1.29 is 0 Å². The van der Waals surface area contributed by atoms with Gasteiger partial charge in [0.2, 0.25) is 0 Å². The van der Waals surface area contributed by atoms with E-state index in [2.05, 4.69) is 58.1 Å². The zero-order valence-corrected chi connectivity index (χ0v) is 21.2. The fourth-order valence-corrected chi connectivity index (χ4v) is 5.31. The lowest BCUT2D eigenvalue weighted by Crippen LogP contribution is -2.50. The first-order valence-corrected chi connectivity index (χ1v) is 12.8. The van der Waals surface area contributed by atoms with Crippen molar-refractivity contribution in [2.45, 2.75) is 50.9 Å². The van der Waals surface area contributed by atoms with Crippen LogP contribution < -0.4 is 0 Å². The lowest BCUT2D eigenvalue weighted by atomic mass is 9.88. The summed E-state index contributed by atoms with van der Waals surface area (Å²) < 4.78 is 0. The van der Waals surface area contributed by atoms with Crippen LogP contribution in [0.15, 0.2) is 85.2 Å². The van der Waals surface area contributed by atoms with Gasteiger partial charge in [-0.2, -0.15) is 0 Å². The van der Waals surface area contributed by atoms with Crippen molar-refractivity contribution in [2.75, 3.05) is 14.1 Å². The topological polar surface area (TPSA) is 58.0 Å². The van der Waals surface area contributed by atoms with Crippen LogP contribution in [-0.2, 0) is 13.1 Å². The van der Waals surface area contributed by atoms with Gasteiger partial charge < -0.3 is 0 Å². The first kappa shape index (κ1) is 24.2. The van der Waals surface area contributed by atoms with Gasteiger partial charge in [-0.05, 0) is 75.5 Å². The summed E-state index contributed by atoms with van der Waals surface area (Å²) in [6.45, 7) is 1.65. The second-order valence-electron chi connectivity index (χ2n) is 9.71. The van der Waals surface area contributed by atoms with Crippen LogP contribution in [0, 0.1) is 0 Å². The lowest BCUT2D eigenvalue weighted by Gasteiger charge is -2.42. The average Bonchev–Trinajstić information content (AvgIpc) is 2.94. The van der Waals surface area contributed by atoms with Gasteiger partial charge in [0.25, 0.3) is 0 Å². The minimum absolute atomic E-state index is 0.475. The number of aromatic nitrogens is 4. The molecule has 2 atom stereocenters. The van der Waals surface area contributed by atoms with Crippen molar-refractivity contribution in [3.8, 4) is 22.8 Å². The molecule has 0 spiro atoms. The smallest absolute Gasteiger partial charge is 0.0890 e. The maximum absolute atomic E-state index is 4.92. The van der Waals surface area contributed by atoms with Crippen LogP contribution in [0.2, 0.25) is 0 Å². The Morgan fingerprint density at radius 3 is 1.44 bits per heavy atom. The van der Waals surface area contributed by atoms with E-state index in [1.165, 1.54) is 25.7 Å². The second kappa shape index (κ2) is 11.5. The summed E-state index contributed by atoms with van der Waals surface area (Å²) in [5.74, 6) is 0. The van der Waals surface area contributed by atoms with Crippen LogP contribution in [0.5, 0.6) is 0 Å². The molecule has 4 aromatic heterocycles. The minimum Gasteiger partial charge on any atom is -0.296 e. The van der Waals surface area contributed by atoms with E-state index in [9.17, 15) is 0 Å². The molecule has 0 N–H and O–H groups in total. The van der Waals surface area contributed by atoms with E-state index in [1.807, 2.05) is 60.9 Å². The molecule has 1 aliphatic carbocycles. The van der Waals surface area contributed by atoms with Gasteiger partial charge in [0.15, 0.2) is 0 Å². The quantitative estimate of drug-likeness (QED) is 0.334. The van der Waals surface area contributed by atoms with E-state index in [-0.39, 0.29) is 0 Å². The molecular formula is C30H34N6. The number of pyridine rings is 4. The Morgan fingerprint density at radius 1 is 0.583 bits per heavy atom. The van der Waals surface area contributed by atoms with Crippen molar-refractivity contribution in [2.24, 2.45) is 0 Å². The molecular weight excluding hydrogens is 444 g/mol. The highest BCUT2D eigenvalue weighted by Gasteiger charge is 2.31. The molecule has 4 heterocycles. The maximum Gasteiger partial charge on any atom is 0.0890 e. The number of rotatable bonds is 8. The van der Waals surface area contributed by atoms with Crippen molar-refractivity contribution in [1.29, 1.82) is 0 Å². The molecule has 0 radical (unpaired) electrons. The molecule has 5 rings (SSSR count). The van der Waals surface area contributed by atoms with E-state index in [0.29, 0.717) is 12.1 Å². The van der Waals surface area contributed by atoms with Gasteiger partial charge in [0.1, 0.15) is 0 Å². The third-order valence-electron chi connectivity index (χ3n) is 7.12. The first-order chi connectivity index (χ1) is 17.7. The fourth-order valence-electron chi connectivity index (χ4n) is 5.31. The minimum atomic E-state index is 0.475. The summed E-state index contributed by atoms with van der Waals surface area (Å²) >= 11 is 0. The Kier molecular flexibility index (Phi) is 7.74. The van der Waals surface area contributed by atoms with Crippen LogP contribution in [0.1, 0.15) is 37.1 Å². The molecule has 0 aromatic carbocycles. The highest BCUT2D eigenvalue weighted by Crippen LogP contribution is 2.28. The summed E-state index contributed by atoms with van der Waals surface area (Å²) in [4.78, 5) is 23.8. The van der Waals surface area contributed by atoms with Crippen LogP contribution in [-0.4, -0.2) is 55.9 Å². The zero-order valence-electron chi connectivity index (χ0n) is 21.2. The highest BCUT2D eigenvalue weighted by atomic mass is 15.2. The van der Waals surface area contributed by atoms with Crippen molar-refractivity contribution in [3.63, 3.8) is 0 Å². The molecule has 6 nitrogen and oxygen atoms in total. The summed E-state index contributed by atoms with van der Waals surface area (Å²) in [7, 11) is 4.48. The summed E-state index contributed by atoms with van der Waals surface area (Å²) in [6, 6.07) is 25.4. The summed E-state index contributed by atoms with van der Waals surface area (Å²) in [6.07, 6.45) is 8.58. The molecule has 0 saturated heterocycles. The molecule has 184 valence electrons. The van der Waals surface area contributed by atoms with Crippen molar-refractivity contribution in [1.82, 2.24) is 29.7 Å². The Bertz CT molecular complexity index is 1150. The van der Waals surface area contributed by atoms with Crippen LogP contribution >= 0.6 is 0 Å². The lowest BCUT2D eigenvalue weighted by molar-refractivity contribution is 0.0680. The van der Waals surface area contributed by atoms with Gasteiger partial charge in [-0.1, -0.05) is 37.1 Å². The molecule has 0 amide bonds. The van der Waals surface area contributed by atoms with E-state index >= 15 is 0 Å². The monoisotopic (exact) mass is 478 g/mol. The number of likely N-dealkylation sites (N-methyl/N-ethyl adjacent to an activating group) is 2. The van der Waals surface area contributed by atoms with E-state index < -0.39 is 0 Å². The SMILES string of the molecule is CN(Cc1cccc(-c2ccccn2)n1)[C@@H]1CCCC[C@H]1N(C)Cc1cccc(-c2ccccn2)n1. The average molecular weight is 479 g/mol. The van der Waals surface area contributed by atoms with Gasteiger partial charge in [-0.25, -0.2) is 9.97 Å². The van der Waals surface area contributed by atoms with Gasteiger partial charge >= 0.3 is 0 Å². The zero-order chi connectivity index (χ0) is 24.7. The maximum atomic E-state index is 4.92. The van der Waals surface area contributed by atoms with E-state index in [0.717, 1.165) is 47.3 Å². The largest absolute Gasteiger partial charge is 0.296 e. The van der Waals surface area contributed by atoms with Crippen LogP contribution in [0.4, 0.5) is 0 Å². The van der Waals surface area contributed by atoms with Crippen molar-refractivity contribution in [3.05, 3.63) is 96.6 Å². The van der Waals surface area contributed by atoms with Gasteiger partial charge in [-0.15, -0.1) is 0 Å². The van der Waals surface area contributed by atoms with Gasteiger partial charge in [-0.3, -0.25) is 19.8 Å². The first-order valence-electron chi connectivity index (χ1n) is 12.8. The van der Waals surface area contributed by atoms with Crippen molar-refractivity contribution >= 4 is 0 Å². The Hall–Kier alpha value is -3.48. The fraction of sp³-hybridized carbons (Fsp3) is 0.333. The highest BCUT2D eigenvalue weighted by molar-refractivity contribution is 5.54. The molecule has 6 heteroatoms. The predicted octanol–water partition coefficient (Wildman–Crippen LogP) is 5.48. The summed E-state index contributed by atoms with van der Waals surface area (Å²) in [5, 5.41) is 0. The molecule has 0 bridgehead atoms. The molecule has 0 unspecified atom stereocenters. The van der Waals surface area contributed by atoms with Gasteiger partial charge in [0.05, 0.1) is 34.2 Å². The summed E-state index contributed by atoms with van der Waals surface area (Å²) in [5.41, 5.74) is 5.85. The van der Waals surface area contributed by atoms with E-state index in [1.54, 1.807) is 0 Å². The standard InChI is InChI=1S/C30H34N6/c1-35(21-23-11-9-15-27(33-23)25-13-5-7-19-31-25)29-17-3-4-18-30(29)36(2)22-24-12-10-16-28(34-24)26-14-6-8-20-32-26/h5-16,19-20,29-30H,3-4,17-18,21-22H2,1-2H3/t29-,30-/m1/s1. The third kappa shape index (κ3) is 5.83. The number of hydrogen-bond donors (Lipinski definition) is 0. The molecule has 0 aliphatic heterocycles. The van der Waals surface area contributed by atoms with E-state index in [4.69, 9.17) is 9.97 Å². The normalized spacial score (nSPS) is 18.0. The Labute approximate surface area is 214 Å². The Balaban J connectivity index is 1.28. The third-order valence-corrected chi connectivity index (χ3v) is 7.12. The molecule has 36 heavy (non-hydrogen) atoms. The number of nitrogens with zero attached hydrogens (tertiary/aromatic N) is 6. The van der Waals surface area contributed by atoms with Gasteiger partial charge in [0, 0.05) is 37.6 Å². The van der Waals surface area contributed by atoms with Crippen LogP contribution in [0.3, 0.4) is 0 Å². The predicted molar refractivity (Wildman–Crippen MR) is 144 cm³/mol. The second-order valence-corrected chi connectivity index (χ2v) is 9.71. The molecule has 4 aromatic rings. The molecule has 1 saturated carbocycles. The molecule has 1 fully saturated rings.